The van der Waals surface area contributed by atoms with Crippen molar-refractivity contribution >= 4 is 17.7 Å². The molecule has 6 heteroatoms. The summed E-state index contributed by atoms with van der Waals surface area (Å²) < 4.78 is 5.48. The van der Waals surface area contributed by atoms with Crippen LogP contribution in [-0.2, 0) is 10.5 Å². The van der Waals surface area contributed by atoms with Crippen molar-refractivity contribution in [2.45, 2.75) is 25.6 Å². The van der Waals surface area contributed by atoms with E-state index in [1.807, 2.05) is 30.3 Å². The van der Waals surface area contributed by atoms with Gasteiger partial charge in [0.1, 0.15) is 6.26 Å². The molecule has 1 aromatic carbocycles. The number of benzene rings is 1. The molecule has 1 atom stereocenters. The number of likely N-dealkylation sites (N-methyl/N-ethyl adjacent to an activating group) is 1. The molecule has 1 amide bonds. The molecule has 2 N–H and O–H groups in total. The maximum absolute atomic E-state index is 11.8. The van der Waals surface area contributed by atoms with Gasteiger partial charge in [-0.05, 0) is 25.6 Å². The monoisotopic (exact) mass is 333 g/mol. The molecule has 1 aromatic heterocycles. The van der Waals surface area contributed by atoms with Crippen molar-refractivity contribution in [1.29, 1.82) is 0 Å². The highest BCUT2D eigenvalue weighted by Crippen LogP contribution is 2.20. The average Bonchev–Trinajstić information content (AvgIpc) is 3.03. The van der Waals surface area contributed by atoms with E-state index in [1.165, 1.54) is 11.8 Å². The first-order valence-corrected chi connectivity index (χ1v) is 8.92. The summed E-state index contributed by atoms with van der Waals surface area (Å²) >= 11 is 1.53. The SMILES string of the molecule is CCN[C@H](C)CNC(=O)CSCc1coc(-c2ccccc2)n1. The lowest BCUT2D eigenvalue weighted by Gasteiger charge is -2.12. The summed E-state index contributed by atoms with van der Waals surface area (Å²) in [6.07, 6.45) is 1.65. The second-order valence-corrected chi connectivity index (χ2v) is 6.25. The maximum atomic E-state index is 11.8. The van der Waals surface area contributed by atoms with Gasteiger partial charge in [0.05, 0.1) is 11.4 Å². The molecule has 0 aliphatic carbocycles. The largest absolute Gasteiger partial charge is 0.444 e. The van der Waals surface area contributed by atoms with Crippen molar-refractivity contribution in [2.24, 2.45) is 0 Å². The van der Waals surface area contributed by atoms with Crippen LogP contribution >= 0.6 is 11.8 Å². The van der Waals surface area contributed by atoms with Crippen LogP contribution in [0.3, 0.4) is 0 Å². The zero-order valence-electron chi connectivity index (χ0n) is 13.5. The van der Waals surface area contributed by atoms with E-state index in [-0.39, 0.29) is 11.9 Å². The summed E-state index contributed by atoms with van der Waals surface area (Å²) in [6.45, 7) is 5.66. The number of hydrogen-bond donors (Lipinski definition) is 2. The van der Waals surface area contributed by atoms with Gasteiger partial charge in [0.15, 0.2) is 0 Å². The first-order valence-electron chi connectivity index (χ1n) is 7.76. The van der Waals surface area contributed by atoms with E-state index < -0.39 is 0 Å². The average molecular weight is 333 g/mol. The minimum atomic E-state index is 0.0477. The Labute approximate surface area is 141 Å². The number of carbonyl (C=O) groups is 1. The Bertz CT molecular complexity index is 601. The predicted octanol–water partition coefficient (Wildman–Crippen LogP) is 2.69. The molecule has 0 aliphatic heterocycles. The Morgan fingerprint density at radius 1 is 1.35 bits per heavy atom. The van der Waals surface area contributed by atoms with Crippen molar-refractivity contribution in [3.8, 4) is 11.5 Å². The number of hydrogen-bond acceptors (Lipinski definition) is 5. The summed E-state index contributed by atoms with van der Waals surface area (Å²) in [6, 6.07) is 10.1. The minimum absolute atomic E-state index is 0.0477. The Morgan fingerprint density at radius 3 is 2.87 bits per heavy atom. The molecular weight excluding hydrogens is 310 g/mol. The van der Waals surface area contributed by atoms with Gasteiger partial charge in [0.25, 0.3) is 0 Å². The first kappa shape index (κ1) is 17.6. The molecule has 1 heterocycles. The van der Waals surface area contributed by atoms with Gasteiger partial charge >= 0.3 is 0 Å². The number of nitrogens with one attached hydrogen (secondary N) is 2. The van der Waals surface area contributed by atoms with Gasteiger partial charge < -0.3 is 15.1 Å². The third kappa shape index (κ3) is 6.08. The summed E-state index contributed by atoms with van der Waals surface area (Å²) in [5, 5.41) is 6.18. The number of amides is 1. The molecule has 124 valence electrons. The van der Waals surface area contributed by atoms with Crippen LogP contribution in [-0.4, -0.2) is 35.8 Å². The predicted molar refractivity (Wildman–Crippen MR) is 94.2 cm³/mol. The first-order chi connectivity index (χ1) is 11.2. The standard InChI is InChI=1S/C17H23N3O2S/c1-3-18-13(2)9-19-16(21)12-23-11-15-10-22-17(20-15)14-7-5-4-6-8-14/h4-8,10,13,18H,3,9,11-12H2,1-2H3,(H,19,21)/t13-/m1/s1. The van der Waals surface area contributed by atoms with Crippen LogP contribution in [0, 0.1) is 0 Å². The Hall–Kier alpha value is -1.79. The summed E-state index contributed by atoms with van der Waals surface area (Å²) in [5.74, 6) is 1.75. The Morgan fingerprint density at radius 2 is 2.13 bits per heavy atom. The Kier molecular flexibility index (Phi) is 7.16. The van der Waals surface area contributed by atoms with Gasteiger partial charge in [-0.3, -0.25) is 4.79 Å². The third-order valence-corrected chi connectivity index (χ3v) is 4.18. The molecule has 0 radical (unpaired) electrons. The van der Waals surface area contributed by atoms with Gasteiger partial charge in [0.2, 0.25) is 11.8 Å². The van der Waals surface area contributed by atoms with E-state index in [0.717, 1.165) is 17.8 Å². The number of rotatable bonds is 9. The molecule has 0 unspecified atom stereocenters. The molecule has 0 aliphatic rings. The zero-order chi connectivity index (χ0) is 16.5. The fraction of sp³-hybridized carbons (Fsp3) is 0.412. The van der Waals surface area contributed by atoms with Crippen LogP contribution in [0.25, 0.3) is 11.5 Å². The quantitative estimate of drug-likeness (QED) is 0.738. The lowest BCUT2D eigenvalue weighted by atomic mass is 10.2. The van der Waals surface area contributed by atoms with Crippen molar-refractivity contribution in [1.82, 2.24) is 15.6 Å². The molecule has 0 fully saturated rings. The zero-order valence-corrected chi connectivity index (χ0v) is 14.4. The molecule has 0 saturated carbocycles. The Balaban J connectivity index is 1.70. The van der Waals surface area contributed by atoms with Crippen LogP contribution in [0.2, 0.25) is 0 Å². The molecule has 0 bridgehead atoms. The normalized spacial score (nSPS) is 12.1. The van der Waals surface area contributed by atoms with Crippen LogP contribution < -0.4 is 10.6 Å². The van der Waals surface area contributed by atoms with E-state index in [0.29, 0.717) is 23.9 Å². The van der Waals surface area contributed by atoms with E-state index in [2.05, 4.69) is 29.5 Å². The van der Waals surface area contributed by atoms with Crippen LogP contribution in [0.15, 0.2) is 41.0 Å². The third-order valence-electron chi connectivity index (χ3n) is 3.21. The lowest BCUT2D eigenvalue weighted by molar-refractivity contribution is -0.118. The number of carbonyl (C=O) groups excluding carboxylic acids is 1. The van der Waals surface area contributed by atoms with E-state index in [4.69, 9.17) is 4.42 Å². The highest BCUT2D eigenvalue weighted by atomic mass is 32.2. The van der Waals surface area contributed by atoms with E-state index in [9.17, 15) is 4.79 Å². The number of nitrogens with zero attached hydrogens (tertiary/aromatic N) is 1. The molecule has 2 aromatic rings. The summed E-state index contributed by atoms with van der Waals surface area (Å²) in [5.41, 5.74) is 1.81. The molecular formula is C17H23N3O2S. The molecule has 23 heavy (non-hydrogen) atoms. The number of aromatic nitrogens is 1. The van der Waals surface area contributed by atoms with Crippen molar-refractivity contribution in [3.05, 3.63) is 42.3 Å². The van der Waals surface area contributed by atoms with E-state index >= 15 is 0 Å². The fourth-order valence-electron chi connectivity index (χ4n) is 2.07. The molecule has 0 spiro atoms. The number of thioether (sulfide) groups is 1. The van der Waals surface area contributed by atoms with E-state index in [1.54, 1.807) is 6.26 Å². The van der Waals surface area contributed by atoms with Gasteiger partial charge in [-0.2, -0.15) is 0 Å². The smallest absolute Gasteiger partial charge is 0.230 e. The van der Waals surface area contributed by atoms with Crippen LogP contribution in [0.1, 0.15) is 19.5 Å². The minimum Gasteiger partial charge on any atom is -0.444 e. The number of oxazole rings is 1. The highest BCUT2D eigenvalue weighted by Gasteiger charge is 2.08. The lowest BCUT2D eigenvalue weighted by Crippen LogP contribution is -2.39. The second kappa shape index (κ2) is 9.37. The molecule has 5 nitrogen and oxygen atoms in total. The topological polar surface area (TPSA) is 67.2 Å². The summed E-state index contributed by atoms with van der Waals surface area (Å²) in [7, 11) is 0. The molecule has 2 rings (SSSR count). The fourth-order valence-corrected chi connectivity index (χ4v) is 2.80. The van der Waals surface area contributed by atoms with Crippen LogP contribution in [0.5, 0.6) is 0 Å². The van der Waals surface area contributed by atoms with Gasteiger partial charge in [0, 0.05) is 23.9 Å². The van der Waals surface area contributed by atoms with Crippen molar-refractivity contribution in [3.63, 3.8) is 0 Å². The van der Waals surface area contributed by atoms with Crippen molar-refractivity contribution in [2.75, 3.05) is 18.8 Å². The maximum Gasteiger partial charge on any atom is 0.230 e. The van der Waals surface area contributed by atoms with Gasteiger partial charge in [-0.25, -0.2) is 4.98 Å². The van der Waals surface area contributed by atoms with Gasteiger partial charge in [-0.1, -0.05) is 25.1 Å². The highest BCUT2D eigenvalue weighted by molar-refractivity contribution is 7.99. The van der Waals surface area contributed by atoms with Crippen molar-refractivity contribution < 1.29 is 9.21 Å². The van der Waals surface area contributed by atoms with Crippen LogP contribution in [0.4, 0.5) is 0 Å². The molecule has 0 saturated heterocycles. The summed E-state index contributed by atoms with van der Waals surface area (Å²) in [4.78, 5) is 16.2. The van der Waals surface area contributed by atoms with Gasteiger partial charge in [-0.15, -0.1) is 11.8 Å². The second-order valence-electron chi connectivity index (χ2n) is 5.27.